The van der Waals surface area contributed by atoms with Gasteiger partial charge in [-0.15, -0.1) is 0 Å². The van der Waals surface area contributed by atoms with Crippen LogP contribution in [0.4, 0.5) is 0 Å². The summed E-state index contributed by atoms with van der Waals surface area (Å²) in [6, 6.07) is -0.406. The van der Waals surface area contributed by atoms with Crippen molar-refractivity contribution in [3.63, 3.8) is 0 Å². The van der Waals surface area contributed by atoms with Gasteiger partial charge in [0.15, 0.2) is 6.04 Å². The molecule has 0 aliphatic rings. The number of primary amides is 1. The van der Waals surface area contributed by atoms with E-state index in [1.54, 1.807) is 12.4 Å². The second-order valence-electron chi connectivity index (χ2n) is 2.93. The number of nitrogens with one attached hydrogen (secondary N) is 1. The molecule has 0 heterocycles. The zero-order valence-corrected chi connectivity index (χ0v) is 9.60. The van der Waals surface area contributed by atoms with Gasteiger partial charge in [-0.3, -0.25) is 14.4 Å². The number of hydrogen-bond acceptors (Lipinski definition) is 4. The number of nitrogens with two attached hydrogens (primary N) is 2. The average molecular weight is 234 g/mol. The van der Waals surface area contributed by atoms with Crippen LogP contribution in [0.25, 0.3) is 0 Å². The molecular weight excluding hydrogens is 218 g/mol. The second-order valence-corrected chi connectivity index (χ2v) is 4.01. The van der Waals surface area contributed by atoms with Gasteiger partial charge >= 0.3 is 0 Å². The Bertz CT molecular complexity index is 258. The zero-order valence-electron chi connectivity index (χ0n) is 8.78. The summed E-state index contributed by atoms with van der Waals surface area (Å²) in [6.45, 7) is 1.32. The average Bonchev–Trinajstić information content (AvgIpc) is 2.15. The number of likely N-dealkylation sites (N-methyl/N-ethyl adjacent to an activating group) is 1. The Hall–Kier alpha value is -1.08. The Morgan fingerprint density at radius 2 is 2.07 bits per heavy atom. The lowest BCUT2D eigenvalue weighted by atomic mass is 10.3. The van der Waals surface area contributed by atoms with Gasteiger partial charge in [0.25, 0.3) is 5.91 Å². The molecular formula is C8H16N3O3S+. The van der Waals surface area contributed by atoms with Crippen LogP contribution in [0.1, 0.15) is 6.92 Å². The highest BCUT2D eigenvalue weighted by molar-refractivity contribution is 8.13. The second kappa shape index (κ2) is 7.24. The Morgan fingerprint density at radius 1 is 1.47 bits per heavy atom. The molecule has 15 heavy (non-hydrogen) atoms. The lowest BCUT2D eigenvalue weighted by Crippen LogP contribution is -2.89. The number of amides is 2. The number of thioether (sulfide) groups is 1. The van der Waals surface area contributed by atoms with Crippen molar-refractivity contribution in [2.75, 3.05) is 19.3 Å². The van der Waals surface area contributed by atoms with Crippen LogP contribution in [0.5, 0.6) is 0 Å². The zero-order chi connectivity index (χ0) is 11.8. The largest absolute Gasteiger partial charge is 0.364 e. The number of carbonyl (C=O) groups excluding carboxylic acids is 3. The molecule has 6 nitrogen and oxygen atoms in total. The number of quaternary nitrogens is 1. The maximum Gasteiger partial charge on any atom is 0.276 e. The van der Waals surface area contributed by atoms with Crippen molar-refractivity contribution in [2.24, 2.45) is 5.73 Å². The van der Waals surface area contributed by atoms with E-state index >= 15 is 0 Å². The van der Waals surface area contributed by atoms with Gasteiger partial charge in [-0.2, -0.15) is 0 Å². The summed E-state index contributed by atoms with van der Waals surface area (Å²) in [7, 11) is 1.72. The van der Waals surface area contributed by atoms with Crippen molar-refractivity contribution in [1.29, 1.82) is 0 Å². The quantitative estimate of drug-likeness (QED) is 0.469. The fourth-order valence-corrected chi connectivity index (χ4v) is 1.67. The minimum absolute atomic E-state index is 0.0187. The van der Waals surface area contributed by atoms with E-state index in [1.165, 1.54) is 6.92 Å². The number of carbonyl (C=O) groups is 3. The molecule has 7 heteroatoms. The first-order chi connectivity index (χ1) is 6.97. The molecule has 0 spiro atoms. The van der Waals surface area contributed by atoms with Crippen molar-refractivity contribution in [2.45, 2.75) is 13.0 Å². The SMILES string of the molecule is C[NH2+][C@@H](CSC(=O)CNC(C)=O)C(N)=O. The minimum atomic E-state index is -0.447. The van der Waals surface area contributed by atoms with Crippen LogP contribution in [0.2, 0.25) is 0 Å². The first-order valence-electron chi connectivity index (χ1n) is 4.46. The summed E-state index contributed by atoms with van der Waals surface area (Å²) >= 11 is 0.994. The number of rotatable bonds is 6. The first-order valence-corrected chi connectivity index (χ1v) is 5.44. The third kappa shape index (κ3) is 6.92. The van der Waals surface area contributed by atoms with Crippen LogP contribution < -0.4 is 16.4 Å². The summed E-state index contributed by atoms with van der Waals surface area (Å²) in [5.41, 5.74) is 5.09. The molecule has 0 bridgehead atoms. The third-order valence-electron chi connectivity index (χ3n) is 1.67. The number of hydrogen-bond donors (Lipinski definition) is 3. The summed E-state index contributed by atoms with van der Waals surface area (Å²) < 4.78 is 0. The highest BCUT2D eigenvalue weighted by atomic mass is 32.2. The van der Waals surface area contributed by atoms with E-state index in [0.717, 1.165) is 11.8 Å². The van der Waals surface area contributed by atoms with Crippen molar-refractivity contribution < 1.29 is 19.7 Å². The van der Waals surface area contributed by atoms with E-state index in [2.05, 4.69) is 5.32 Å². The molecule has 0 aromatic rings. The Labute approximate surface area is 92.3 Å². The maximum absolute atomic E-state index is 11.2. The van der Waals surface area contributed by atoms with E-state index in [9.17, 15) is 14.4 Å². The topological polar surface area (TPSA) is 106 Å². The van der Waals surface area contributed by atoms with Gasteiger partial charge < -0.3 is 16.4 Å². The van der Waals surface area contributed by atoms with Gasteiger partial charge in [0.1, 0.15) is 0 Å². The highest BCUT2D eigenvalue weighted by Crippen LogP contribution is 2.01. The third-order valence-corrected chi connectivity index (χ3v) is 2.67. The van der Waals surface area contributed by atoms with Gasteiger partial charge in [0, 0.05) is 6.92 Å². The van der Waals surface area contributed by atoms with Gasteiger partial charge in [-0.05, 0) is 0 Å². The van der Waals surface area contributed by atoms with Gasteiger partial charge in [-0.25, -0.2) is 0 Å². The highest BCUT2D eigenvalue weighted by Gasteiger charge is 2.18. The fourth-order valence-electron chi connectivity index (χ4n) is 0.773. The molecule has 0 rings (SSSR count). The molecule has 0 aromatic heterocycles. The summed E-state index contributed by atoms with van der Waals surface area (Å²) in [6.07, 6.45) is 0. The molecule has 0 aromatic carbocycles. The Balaban J connectivity index is 3.78. The van der Waals surface area contributed by atoms with Gasteiger partial charge in [0.05, 0.1) is 19.3 Å². The standard InChI is InChI=1S/C8H15N3O3S/c1-5(12)11-3-7(13)15-4-6(10-2)8(9)14/h6,10H,3-4H2,1-2H3,(H2,9,14)(H,11,12)/p+1/t6-/m0/s1. The molecule has 0 aliphatic carbocycles. The molecule has 0 saturated heterocycles. The molecule has 0 radical (unpaired) electrons. The lowest BCUT2D eigenvalue weighted by molar-refractivity contribution is -0.645. The predicted molar refractivity (Wildman–Crippen MR) is 57.0 cm³/mol. The molecule has 0 saturated carbocycles. The molecule has 86 valence electrons. The minimum Gasteiger partial charge on any atom is -0.364 e. The van der Waals surface area contributed by atoms with Crippen molar-refractivity contribution in [3.05, 3.63) is 0 Å². The molecule has 2 amide bonds. The first kappa shape index (κ1) is 13.9. The van der Waals surface area contributed by atoms with E-state index in [0.29, 0.717) is 5.75 Å². The van der Waals surface area contributed by atoms with E-state index in [4.69, 9.17) is 5.73 Å². The van der Waals surface area contributed by atoms with Crippen LogP contribution in [-0.2, 0) is 14.4 Å². The van der Waals surface area contributed by atoms with E-state index in [1.807, 2.05) is 0 Å². The lowest BCUT2D eigenvalue weighted by Gasteiger charge is -2.07. The van der Waals surface area contributed by atoms with E-state index in [-0.39, 0.29) is 17.6 Å². The van der Waals surface area contributed by atoms with Crippen LogP contribution in [0, 0.1) is 0 Å². The maximum atomic E-state index is 11.2. The Kier molecular flexibility index (Phi) is 6.72. The summed E-state index contributed by atoms with van der Waals surface area (Å²) in [4.78, 5) is 32.5. The van der Waals surface area contributed by atoms with Crippen LogP contribution in [0.15, 0.2) is 0 Å². The monoisotopic (exact) mass is 234 g/mol. The van der Waals surface area contributed by atoms with Crippen LogP contribution in [0.3, 0.4) is 0 Å². The molecule has 0 aliphatic heterocycles. The molecule has 5 N–H and O–H groups in total. The summed E-state index contributed by atoms with van der Waals surface area (Å²) in [5, 5.41) is 3.85. The molecule has 0 unspecified atom stereocenters. The van der Waals surface area contributed by atoms with Gasteiger partial charge in [-0.1, -0.05) is 11.8 Å². The summed E-state index contributed by atoms with van der Waals surface area (Å²) in [5.74, 6) is -0.376. The normalized spacial score (nSPS) is 11.9. The van der Waals surface area contributed by atoms with Crippen LogP contribution in [-0.4, -0.2) is 42.3 Å². The van der Waals surface area contributed by atoms with Crippen LogP contribution >= 0.6 is 11.8 Å². The Morgan fingerprint density at radius 3 is 2.47 bits per heavy atom. The molecule has 1 atom stereocenters. The van der Waals surface area contributed by atoms with Crippen molar-refractivity contribution in [3.8, 4) is 0 Å². The van der Waals surface area contributed by atoms with E-state index < -0.39 is 11.9 Å². The van der Waals surface area contributed by atoms with Gasteiger partial charge in [0.2, 0.25) is 11.0 Å². The smallest absolute Gasteiger partial charge is 0.276 e. The van der Waals surface area contributed by atoms with Crippen molar-refractivity contribution >= 4 is 28.7 Å². The molecule has 0 fully saturated rings. The van der Waals surface area contributed by atoms with Crippen molar-refractivity contribution in [1.82, 2.24) is 5.32 Å². The fraction of sp³-hybridized carbons (Fsp3) is 0.625. The predicted octanol–water partition coefficient (Wildman–Crippen LogP) is -2.57.